The molecule has 0 radical (unpaired) electrons. The average Bonchev–Trinajstić information content (AvgIpc) is 2.90. The van der Waals surface area contributed by atoms with Gasteiger partial charge in [0.2, 0.25) is 5.78 Å². The molecule has 0 aliphatic heterocycles. The van der Waals surface area contributed by atoms with Crippen LogP contribution in [0.1, 0.15) is 54.2 Å². The van der Waals surface area contributed by atoms with E-state index in [1.165, 1.54) is 13.8 Å². The fourth-order valence-corrected chi connectivity index (χ4v) is 7.96. The number of Topliss-reactive ketones (excluding diaryl/α,β-unsaturated/α-hetero) is 5. The van der Waals surface area contributed by atoms with Crippen LogP contribution in [-0.4, -0.2) is 76.9 Å². The van der Waals surface area contributed by atoms with E-state index in [9.17, 15) is 59.7 Å². The minimum absolute atomic E-state index is 0.0301. The predicted octanol–water partition coefficient (Wildman–Crippen LogP) is 1.09. The second kappa shape index (κ2) is 7.72. The number of hydrogen-bond acceptors (Lipinski definition) is 12. The lowest BCUT2D eigenvalue weighted by Crippen LogP contribution is -2.79. The highest BCUT2D eigenvalue weighted by Crippen LogP contribution is 2.73. The summed E-state index contributed by atoms with van der Waals surface area (Å²) in [4.78, 5) is 68.0. The molecular formula is C30H22O12. The molecule has 1 spiro atoms. The van der Waals surface area contributed by atoms with Gasteiger partial charge in [-0.05, 0) is 37.1 Å². The van der Waals surface area contributed by atoms with Gasteiger partial charge in [0.05, 0.1) is 56.9 Å². The van der Waals surface area contributed by atoms with Crippen molar-refractivity contribution in [1.29, 1.82) is 0 Å². The van der Waals surface area contributed by atoms with E-state index in [0.29, 0.717) is 0 Å². The maximum Gasteiger partial charge on any atom is 0.201 e. The summed E-state index contributed by atoms with van der Waals surface area (Å²) in [5.41, 5.74) is -5.98. The molecule has 0 unspecified atom stereocenters. The van der Waals surface area contributed by atoms with Crippen molar-refractivity contribution in [1.82, 2.24) is 0 Å². The summed E-state index contributed by atoms with van der Waals surface area (Å²) in [7, 11) is 0. The lowest BCUT2D eigenvalue weighted by atomic mass is 9.31. The van der Waals surface area contributed by atoms with E-state index in [0.717, 1.165) is 12.1 Å². The molecule has 7 N–H and O–H groups in total. The number of fused-ring (bicyclic) bond motifs is 2. The minimum Gasteiger partial charge on any atom is -0.507 e. The zero-order valence-electron chi connectivity index (χ0n) is 21.9. The number of aryl methyl sites for hydroxylation is 2. The van der Waals surface area contributed by atoms with E-state index in [1.54, 1.807) is 0 Å². The Bertz CT molecular complexity index is 1880. The molecule has 2 saturated carbocycles. The quantitative estimate of drug-likeness (QED) is 0.188. The molecule has 5 aliphatic rings. The van der Waals surface area contributed by atoms with Gasteiger partial charge < -0.3 is 35.7 Å². The van der Waals surface area contributed by atoms with E-state index in [2.05, 4.69) is 0 Å². The number of benzene rings is 2. The van der Waals surface area contributed by atoms with Crippen LogP contribution in [0, 0.1) is 37.0 Å². The number of allylic oxidation sites excluding steroid dienone is 2. The average molecular weight is 574 g/mol. The van der Waals surface area contributed by atoms with Gasteiger partial charge in [0, 0.05) is 23.8 Å². The smallest absolute Gasteiger partial charge is 0.201 e. The second-order valence-electron chi connectivity index (χ2n) is 11.6. The summed E-state index contributed by atoms with van der Waals surface area (Å²) in [5.74, 6) is -12.9. The standard InChI is InChI=1S/C30H22O12/c1-6-3-8(31)14-17(22(6)35)25(38)16-12(10(33)5-11(34)13(16)24(14)37)19-27(40)21-28(41)20-26(39)15-9(32)4-7(2)23(36)18(15)29(42)30(19,20)21/h3-4,10,12,19,21,27,31-33,35-36,39-40H,5H2,1-2H3/t10-,12+,19-,21-,27-,30-/m0/s1. The Labute approximate surface area is 235 Å². The SMILES string of the molecule is Cc1cc(O)c2c(c1O)C(=O)C1=C(C(=O)C[C@H](O)[C@H]1[C@H]1[C@H](O)[C@H]3C(=O)C4=C(O)c5c(O)cc(C)c(O)c5C(=O)[C@]413)C2=O. The molecule has 12 heteroatoms. The molecule has 7 rings (SSSR count). The van der Waals surface area contributed by atoms with E-state index in [-0.39, 0.29) is 11.1 Å². The third kappa shape index (κ3) is 2.54. The molecule has 5 aliphatic carbocycles. The fraction of sp³-hybridized carbons (Fsp3) is 0.300. The first-order valence-electron chi connectivity index (χ1n) is 13.1. The van der Waals surface area contributed by atoms with Crippen LogP contribution in [0.15, 0.2) is 28.9 Å². The molecule has 0 aromatic heterocycles. The Morgan fingerprint density at radius 1 is 0.762 bits per heavy atom. The van der Waals surface area contributed by atoms with Crippen LogP contribution >= 0.6 is 0 Å². The number of ketones is 5. The molecule has 12 nitrogen and oxygen atoms in total. The van der Waals surface area contributed by atoms with Crippen LogP contribution < -0.4 is 0 Å². The highest BCUT2D eigenvalue weighted by Gasteiger charge is 2.82. The van der Waals surface area contributed by atoms with Crippen LogP contribution in [0.3, 0.4) is 0 Å². The first kappa shape index (κ1) is 26.1. The number of hydrogen-bond donors (Lipinski definition) is 7. The number of rotatable bonds is 1. The molecular weight excluding hydrogens is 552 g/mol. The third-order valence-corrected chi connectivity index (χ3v) is 9.69. The Morgan fingerprint density at radius 3 is 1.95 bits per heavy atom. The Kier molecular flexibility index (Phi) is 4.80. The van der Waals surface area contributed by atoms with Crippen LogP contribution in [0.4, 0.5) is 0 Å². The third-order valence-electron chi connectivity index (χ3n) is 9.69. The molecule has 2 fully saturated rings. The predicted molar refractivity (Wildman–Crippen MR) is 138 cm³/mol. The lowest BCUT2D eigenvalue weighted by molar-refractivity contribution is -0.198. The molecule has 2 aromatic rings. The zero-order chi connectivity index (χ0) is 30.5. The second-order valence-corrected chi connectivity index (χ2v) is 11.6. The number of aliphatic hydroxyl groups excluding tert-OH is 3. The van der Waals surface area contributed by atoms with Crippen LogP contribution in [0.25, 0.3) is 5.76 Å². The number of phenols is 4. The molecule has 0 amide bonds. The van der Waals surface area contributed by atoms with Gasteiger partial charge in [0.15, 0.2) is 23.1 Å². The minimum atomic E-state index is -2.07. The van der Waals surface area contributed by atoms with Crippen molar-refractivity contribution in [3.63, 3.8) is 0 Å². The molecule has 6 atom stereocenters. The molecule has 0 saturated heterocycles. The molecule has 0 heterocycles. The van der Waals surface area contributed by atoms with E-state index < -0.39 is 138 Å². The van der Waals surface area contributed by atoms with Gasteiger partial charge in [-0.2, -0.15) is 0 Å². The van der Waals surface area contributed by atoms with Gasteiger partial charge in [-0.1, -0.05) is 0 Å². The van der Waals surface area contributed by atoms with Crippen molar-refractivity contribution in [3.8, 4) is 23.0 Å². The Hall–Kier alpha value is -4.81. The number of phenolic OH excluding ortho intramolecular Hbond substituents is 4. The summed E-state index contributed by atoms with van der Waals surface area (Å²) in [6.45, 7) is 2.74. The van der Waals surface area contributed by atoms with Gasteiger partial charge in [-0.15, -0.1) is 0 Å². The largest absolute Gasteiger partial charge is 0.507 e. The lowest BCUT2D eigenvalue weighted by Gasteiger charge is -2.68. The van der Waals surface area contributed by atoms with Gasteiger partial charge in [-0.3, -0.25) is 24.0 Å². The monoisotopic (exact) mass is 574 g/mol. The fourth-order valence-electron chi connectivity index (χ4n) is 7.96. The maximum absolute atomic E-state index is 14.2. The number of aliphatic hydroxyl groups is 3. The van der Waals surface area contributed by atoms with Crippen molar-refractivity contribution < 1.29 is 59.7 Å². The number of carbonyl (C=O) groups is 5. The van der Waals surface area contributed by atoms with Crippen LogP contribution in [0.2, 0.25) is 0 Å². The van der Waals surface area contributed by atoms with E-state index >= 15 is 0 Å². The Balaban J connectivity index is 1.49. The normalized spacial score (nSPS) is 31.1. The summed E-state index contributed by atoms with van der Waals surface area (Å²) < 4.78 is 0. The van der Waals surface area contributed by atoms with Crippen LogP contribution in [0.5, 0.6) is 23.0 Å². The topological polar surface area (TPSA) is 227 Å². The Morgan fingerprint density at radius 2 is 1.33 bits per heavy atom. The van der Waals surface area contributed by atoms with Crippen molar-refractivity contribution >= 4 is 34.7 Å². The van der Waals surface area contributed by atoms with Crippen molar-refractivity contribution in [2.45, 2.75) is 32.5 Å². The number of carbonyl (C=O) groups excluding carboxylic acids is 5. The molecule has 214 valence electrons. The highest BCUT2D eigenvalue weighted by molar-refractivity contribution is 6.39. The van der Waals surface area contributed by atoms with E-state index in [4.69, 9.17) is 0 Å². The van der Waals surface area contributed by atoms with Crippen molar-refractivity contribution in [2.24, 2.45) is 23.2 Å². The summed E-state index contributed by atoms with van der Waals surface area (Å²) in [6, 6.07) is 2.14. The molecule has 2 aromatic carbocycles. The van der Waals surface area contributed by atoms with Gasteiger partial charge in [-0.25, -0.2) is 0 Å². The molecule has 0 bridgehead atoms. The number of aromatic hydroxyl groups is 4. The first-order chi connectivity index (χ1) is 19.7. The van der Waals surface area contributed by atoms with Gasteiger partial charge in [0.25, 0.3) is 0 Å². The first-order valence-corrected chi connectivity index (χ1v) is 13.1. The summed E-state index contributed by atoms with van der Waals surface area (Å²) in [5, 5.41) is 76.2. The van der Waals surface area contributed by atoms with Crippen molar-refractivity contribution in [3.05, 3.63) is 62.2 Å². The highest BCUT2D eigenvalue weighted by atomic mass is 16.3. The van der Waals surface area contributed by atoms with Crippen molar-refractivity contribution in [2.75, 3.05) is 0 Å². The van der Waals surface area contributed by atoms with Crippen LogP contribution in [-0.2, 0) is 9.59 Å². The zero-order valence-corrected chi connectivity index (χ0v) is 21.9. The van der Waals surface area contributed by atoms with Gasteiger partial charge >= 0.3 is 0 Å². The molecule has 42 heavy (non-hydrogen) atoms. The van der Waals surface area contributed by atoms with Gasteiger partial charge in [0.1, 0.15) is 28.8 Å². The summed E-state index contributed by atoms with van der Waals surface area (Å²) >= 11 is 0. The maximum atomic E-state index is 14.2. The summed E-state index contributed by atoms with van der Waals surface area (Å²) in [6.07, 6.45) is -4.15. The van der Waals surface area contributed by atoms with E-state index in [1.807, 2.05) is 0 Å².